The van der Waals surface area contributed by atoms with Crippen LogP contribution in [0.3, 0.4) is 0 Å². The van der Waals surface area contributed by atoms with Crippen molar-refractivity contribution in [2.24, 2.45) is 0 Å². The predicted octanol–water partition coefficient (Wildman–Crippen LogP) is 7.48. The molecule has 0 amide bonds. The fraction of sp³-hybridized carbons (Fsp3) is 0.231. The zero-order chi connectivity index (χ0) is 21.3. The monoisotopic (exact) mass is 391 g/mol. The highest BCUT2D eigenvalue weighted by Crippen LogP contribution is 2.31. The van der Waals surface area contributed by atoms with Gasteiger partial charge in [-0.25, -0.2) is 0 Å². The summed E-state index contributed by atoms with van der Waals surface area (Å²) in [6.45, 7) is 9.84. The van der Waals surface area contributed by atoms with E-state index in [-0.39, 0.29) is 0 Å². The van der Waals surface area contributed by atoms with Gasteiger partial charge in [-0.05, 0) is 51.5 Å². The van der Waals surface area contributed by atoms with Gasteiger partial charge in [0.1, 0.15) is 23.9 Å². The van der Waals surface area contributed by atoms with E-state index in [0.717, 1.165) is 29.4 Å². The van der Waals surface area contributed by atoms with Gasteiger partial charge in [0, 0.05) is 13.1 Å². The molecular formula is C26H33NO2. The smallest absolute Gasteiger partial charge is 0.143 e. The molecule has 154 valence electrons. The standard InChI is InChI=1S/C23H27NO2.C3H6/c1-4-5-6-7-8-9-10-17-25-23-16-15-21(18-22(23)24-3)26-20-13-11-19(2)12-14-20;1-3-2/h4-7,9-16,18,24H,8,17H2,1-3H3;3H,1H2,2H3/b5-4-,7-6+,10-9?;. The molecule has 3 heteroatoms. The molecule has 0 aliphatic carbocycles. The average Bonchev–Trinajstić information content (AvgIpc) is 2.73. The van der Waals surface area contributed by atoms with Crippen molar-refractivity contribution >= 4 is 5.69 Å². The molecule has 0 heterocycles. The molecule has 0 atom stereocenters. The summed E-state index contributed by atoms with van der Waals surface area (Å²) in [5.41, 5.74) is 2.11. The first kappa shape index (κ1) is 23.8. The molecule has 0 aliphatic rings. The number of hydrogen-bond acceptors (Lipinski definition) is 3. The Kier molecular flexibility index (Phi) is 12.2. The third kappa shape index (κ3) is 10.1. The quantitative estimate of drug-likeness (QED) is 0.355. The Hall–Kier alpha value is -3.20. The highest BCUT2D eigenvalue weighted by molar-refractivity contribution is 5.59. The van der Waals surface area contributed by atoms with Gasteiger partial charge in [-0.3, -0.25) is 0 Å². The first-order valence-electron chi connectivity index (χ1n) is 9.83. The van der Waals surface area contributed by atoms with Crippen LogP contribution in [0.15, 0.2) is 91.6 Å². The summed E-state index contributed by atoms with van der Waals surface area (Å²) in [6, 6.07) is 13.8. The summed E-state index contributed by atoms with van der Waals surface area (Å²) in [5, 5.41) is 3.16. The number of hydrogen-bond donors (Lipinski definition) is 1. The topological polar surface area (TPSA) is 30.5 Å². The third-order valence-electron chi connectivity index (χ3n) is 3.69. The Balaban J connectivity index is 0.00000132. The van der Waals surface area contributed by atoms with Crippen LogP contribution in [0.1, 0.15) is 25.8 Å². The molecule has 0 fully saturated rings. The second-order valence-electron chi connectivity index (χ2n) is 6.20. The molecule has 0 spiro atoms. The van der Waals surface area contributed by atoms with Crippen LogP contribution in [0.4, 0.5) is 5.69 Å². The van der Waals surface area contributed by atoms with E-state index in [1.165, 1.54) is 5.56 Å². The molecule has 0 bridgehead atoms. The summed E-state index contributed by atoms with van der Waals surface area (Å²) in [4.78, 5) is 0. The van der Waals surface area contributed by atoms with Gasteiger partial charge < -0.3 is 14.8 Å². The Morgan fingerprint density at radius 1 is 0.931 bits per heavy atom. The first-order chi connectivity index (χ1) is 14.1. The maximum atomic E-state index is 5.90. The van der Waals surface area contributed by atoms with Crippen LogP contribution in [-0.4, -0.2) is 13.7 Å². The van der Waals surface area contributed by atoms with Crippen LogP contribution in [0.2, 0.25) is 0 Å². The number of anilines is 1. The molecule has 2 aromatic carbocycles. The Morgan fingerprint density at radius 2 is 1.62 bits per heavy atom. The van der Waals surface area contributed by atoms with Crippen molar-refractivity contribution < 1.29 is 9.47 Å². The number of rotatable bonds is 9. The predicted molar refractivity (Wildman–Crippen MR) is 126 cm³/mol. The molecule has 0 saturated heterocycles. The normalized spacial score (nSPS) is 10.8. The summed E-state index contributed by atoms with van der Waals surface area (Å²) < 4.78 is 11.7. The van der Waals surface area contributed by atoms with Crippen molar-refractivity contribution in [3.63, 3.8) is 0 Å². The number of ether oxygens (including phenoxy) is 2. The van der Waals surface area contributed by atoms with E-state index in [2.05, 4.69) is 31.0 Å². The second-order valence-corrected chi connectivity index (χ2v) is 6.20. The largest absolute Gasteiger partial charge is 0.487 e. The Morgan fingerprint density at radius 3 is 2.28 bits per heavy atom. The molecule has 0 unspecified atom stereocenters. The molecule has 29 heavy (non-hydrogen) atoms. The van der Waals surface area contributed by atoms with E-state index in [1.807, 2.05) is 87.7 Å². The summed E-state index contributed by atoms with van der Waals surface area (Å²) in [6.07, 6.45) is 14.9. The van der Waals surface area contributed by atoms with Crippen molar-refractivity contribution in [2.45, 2.75) is 27.2 Å². The minimum absolute atomic E-state index is 0.532. The van der Waals surface area contributed by atoms with Crippen molar-refractivity contribution in [3.05, 3.63) is 97.1 Å². The number of benzene rings is 2. The van der Waals surface area contributed by atoms with Crippen LogP contribution >= 0.6 is 0 Å². The van der Waals surface area contributed by atoms with Crippen molar-refractivity contribution in [3.8, 4) is 17.2 Å². The summed E-state index contributed by atoms with van der Waals surface area (Å²) in [5.74, 6) is 2.40. The molecular weight excluding hydrogens is 358 g/mol. The van der Waals surface area contributed by atoms with E-state index >= 15 is 0 Å². The van der Waals surface area contributed by atoms with E-state index in [9.17, 15) is 0 Å². The second kappa shape index (κ2) is 14.8. The third-order valence-corrected chi connectivity index (χ3v) is 3.69. The van der Waals surface area contributed by atoms with E-state index < -0.39 is 0 Å². The summed E-state index contributed by atoms with van der Waals surface area (Å²) >= 11 is 0. The molecule has 2 rings (SSSR count). The van der Waals surface area contributed by atoms with Crippen LogP contribution in [0, 0.1) is 6.92 Å². The SMILES string of the molecule is C/C=C\C=C\CC=CCOc1ccc(Oc2ccc(C)cc2)cc1NC.C=CC. The van der Waals surface area contributed by atoms with E-state index in [1.54, 1.807) is 6.08 Å². The van der Waals surface area contributed by atoms with Gasteiger partial charge in [-0.1, -0.05) is 60.2 Å². The fourth-order valence-electron chi connectivity index (χ4n) is 2.29. The van der Waals surface area contributed by atoms with Crippen LogP contribution in [0.5, 0.6) is 17.2 Å². The number of allylic oxidation sites excluding steroid dienone is 6. The van der Waals surface area contributed by atoms with Gasteiger partial charge in [0.15, 0.2) is 0 Å². The van der Waals surface area contributed by atoms with Crippen molar-refractivity contribution in [1.82, 2.24) is 0 Å². The number of nitrogens with one attached hydrogen (secondary N) is 1. The highest BCUT2D eigenvalue weighted by Gasteiger charge is 2.05. The van der Waals surface area contributed by atoms with E-state index in [0.29, 0.717) is 6.61 Å². The van der Waals surface area contributed by atoms with Gasteiger partial charge in [0.2, 0.25) is 0 Å². The molecule has 2 aromatic rings. The van der Waals surface area contributed by atoms with Crippen molar-refractivity contribution in [2.75, 3.05) is 19.0 Å². The van der Waals surface area contributed by atoms with Gasteiger partial charge in [-0.2, -0.15) is 0 Å². The maximum Gasteiger partial charge on any atom is 0.143 e. The average molecular weight is 392 g/mol. The summed E-state index contributed by atoms with van der Waals surface area (Å²) in [7, 11) is 1.87. The van der Waals surface area contributed by atoms with Crippen LogP contribution in [-0.2, 0) is 0 Å². The zero-order valence-electron chi connectivity index (χ0n) is 18.0. The lowest BCUT2D eigenvalue weighted by Crippen LogP contribution is -1.99. The lowest BCUT2D eigenvalue weighted by molar-refractivity contribution is 0.363. The van der Waals surface area contributed by atoms with Crippen LogP contribution < -0.4 is 14.8 Å². The molecule has 0 radical (unpaired) electrons. The minimum Gasteiger partial charge on any atom is -0.487 e. The first-order valence-corrected chi connectivity index (χ1v) is 9.83. The van der Waals surface area contributed by atoms with Gasteiger partial charge in [-0.15, -0.1) is 6.58 Å². The zero-order valence-corrected chi connectivity index (χ0v) is 18.0. The van der Waals surface area contributed by atoms with Gasteiger partial charge in [0.05, 0.1) is 5.69 Å². The molecule has 0 saturated carbocycles. The lowest BCUT2D eigenvalue weighted by Gasteiger charge is -2.12. The fourth-order valence-corrected chi connectivity index (χ4v) is 2.29. The molecule has 0 aliphatic heterocycles. The minimum atomic E-state index is 0.532. The molecule has 3 nitrogen and oxygen atoms in total. The number of aryl methyl sites for hydroxylation is 1. The van der Waals surface area contributed by atoms with Gasteiger partial charge >= 0.3 is 0 Å². The Labute approximate surface area is 176 Å². The van der Waals surface area contributed by atoms with Gasteiger partial charge in [0.25, 0.3) is 0 Å². The molecule has 0 aromatic heterocycles. The van der Waals surface area contributed by atoms with E-state index in [4.69, 9.17) is 9.47 Å². The van der Waals surface area contributed by atoms with Crippen molar-refractivity contribution in [1.29, 1.82) is 0 Å². The molecule has 1 N–H and O–H groups in total. The highest BCUT2D eigenvalue weighted by atomic mass is 16.5. The maximum absolute atomic E-state index is 5.90. The lowest BCUT2D eigenvalue weighted by atomic mass is 10.2. The Bertz CT molecular complexity index is 802. The van der Waals surface area contributed by atoms with Crippen LogP contribution in [0.25, 0.3) is 0 Å².